The average molecular weight is 568 g/mol. The van der Waals surface area contributed by atoms with Gasteiger partial charge in [-0.1, -0.05) is 0 Å². The zero-order valence-electron chi connectivity index (χ0n) is 22.4. The predicted molar refractivity (Wildman–Crippen MR) is 135 cm³/mol. The summed E-state index contributed by atoms with van der Waals surface area (Å²) in [5.41, 5.74) is -1.97. The number of H-pyrrole nitrogens is 1. The number of rotatable bonds is 7. The molecular formula is C27H33F4N5O4. The Morgan fingerprint density at radius 1 is 1.18 bits per heavy atom. The Bertz CT molecular complexity index is 1250. The van der Waals surface area contributed by atoms with Crippen molar-refractivity contribution in [1.29, 1.82) is 0 Å². The van der Waals surface area contributed by atoms with Crippen LogP contribution in [0.25, 0.3) is 11.3 Å². The number of hydrogen-bond acceptors (Lipinski definition) is 6. The van der Waals surface area contributed by atoms with E-state index in [2.05, 4.69) is 20.5 Å². The van der Waals surface area contributed by atoms with Crippen molar-refractivity contribution in [1.82, 2.24) is 25.4 Å². The molecule has 3 aliphatic rings. The summed E-state index contributed by atoms with van der Waals surface area (Å²) >= 11 is 0. The van der Waals surface area contributed by atoms with Crippen molar-refractivity contribution >= 4 is 11.8 Å². The fraction of sp³-hybridized carbons (Fsp3) is 0.630. The SMILES string of the molecule is CCOC1(C(F)(F)F)CCC(NC(=O)C2CCN(C(=O)c3cc(-c4cc(OC)ncc4F)[nH]n3)C3(CC3)C2)CC1. The maximum absolute atomic E-state index is 14.3. The monoisotopic (exact) mass is 567 g/mol. The van der Waals surface area contributed by atoms with E-state index in [4.69, 9.17) is 9.47 Å². The Morgan fingerprint density at radius 2 is 1.90 bits per heavy atom. The Kier molecular flexibility index (Phi) is 7.53. The summed E-state index contributed by atoms with van der Waals surface area (Å²) in [5.74, 6) is -1.18. The number of likely N-dealkylation sites (tertiary alicyclic amines) is 1. The van der Waals surface area contributed by atoms with Crippen LogP contribution in [0.2, 0.25) is 0 Å². The van der Waals surface area contributed by atoms with Crippen LogP contribution in [0, 0.1) is 11.7 Å². The number of carbonyl (C=O) groups excluding carboxylic acids is 2. The van der Waals surface area contributed by atoms with Gasteiger partial charge in [-0.05, 0) is 64.4 Å². The summed E-state index contributed by atoms with van der Waals surface area (Å²) in [7, 11) is 1.42. The van der Waals surface area contributed by atoms with Gasteiger partial charge in [-0.15, -0.1) is 0 Å². The highest BCUT2D eigenvalue weighted by molar-refractivity contribution is 5.94. The highest BCUT2D eigenvalue weighted by atomic mass is 19.4. The third-order valence-electron chi connectivity index (χ3n) is 8.55. The molecule has 1 aliphatic heterocycles. The van der Waals surface area contributed by atoms with E-state index >= 15 is 0 Å². The molecule has 9 nitrogen and oxygen atoms in total. The van der Waals surface area contributed by atoms with Gasteiger partial charge >= 0.3 is 6.18 Å². The number of alkyl halides is 3. The van der Waals surface area contributed by atoms with E-state index in [1.807, 2.05) is 0 Å². The molecule has 2 aromatic rings. The molecule has 5 rings (SSSR count). The molecule has 0 radical (unpaired) electrons. The Balaban J connectivity index is 1.20. The third kappa shape index (κ3) is 5.27. The molecule has 40 heavy (non-hydrogen) atoms. The van der Waals surface area contributed by atoms with E-state index in [9.17, 15) is 27.2 Å². The van der Waals surface area contributed by atoms with Crippen LogP contribution in [0.3, 0.4) is 0 Å². The Labute approximate surface area is 229 Å². The number of methoxy groups -OCH3 is 1. The van der Waals surface area contributed by atoms with E-state index < -0.39 is 23.1 Å². The molecule has 1 unspecified atom stereocenters. The van der Waals surface area contributed by atoms with Crippen LogP contribution in [0.4, 0.5) is 17.6 Å². The first-order valence-corrected chi connectivity index (χ1v) is 13.6. The first-order chi connectivity index (χ1) is 19.0. The lowest BCUT2D eigenvalue weighted by Gasteiger charge is -2.42. The van der Waals surface area contributed by atoms with Crippen molar-refractivity contribution in [2.24, 2.45) is 5.92 Å². The van der Waals surface area contributed by atoms with Crippen LogP contribution in [0.5, 0.6) is 5.88 Å². The van der Waals surface area contributed by atoms with Crippen LogP contribution >= 0.6 is 0 Å². The minimum absolute atomic E-state index is 0.0229. The predicted octanol–water partition coefficient (Wildman–Crippen LogP) is 4.40. The van der Waals surface area contributed by atoms with E-state index in [0.717, 1.165) is 19.0 Å². The first kappa shape index (κ1) is 28.3. The molecular weight excluding hydrogens is 534 g/mol. The minimum atomic E-state index is -4.45. The molecule has 1 atom stereocenters. The van der Waals surface area contributed by atoms with Crippen LogP contribution in [-0.4, -0.2) is 75.5 Å². The number of ether oxygens (including phenoxy) is 2. The quantitative estimate of drug-likeness (QED) is 0.480. The van der Waals surface area contributed by atoms with Gasteiger partial charge in [-0.3, -0.25) is 14.7 Å². The molecule has 0 aromatic carbocycles. The van der Waals surface area contributed by atoms with Crippen LogP contribution < -0.4 is 10.1 Å². The summed E-state index contributed by atoms with van der Waals surface area (Å²) in [4.78, 5) is 32.1. The lowest BCUT2D eigenvalue weighted by molar-refractivity contribution is -0.287. The molecule has 0 bridgehead atoms. The van der Waals surface area contributed by atoms with Crippen molar-refractivity contribution in [2.45, 2.75) is 81.6 Å². The van der Waals surface area contributed by atoms with E-state index in [1.54, 1.807) is 11.8 Å². The van der Waals surface area contributed by atoms with Gasteiger partial charge in [0.05, 0.1) is 19.0 Å². The largest absolute Gasteiger partial charge is 0.481 e. The number of nitrogens with one attached hydrogen (secondary N) is 2. The van der Waals surface area contributed by atoms with Crippen molar-refractivity contribution in [2.75, 3.05) is 20.3 Å². The number of piperidine rings is 1. The highest BCUT2D eigenvalue weighted by Gasteiger charge is 2.57. The number of aromatic amines is 1. The second-order valence-electron chi connectivity index (χ2n) is 11.0. The maximum atomic E-state index is 14.3. The number of halogens is 4. The van der Waals surface area contributed by atoms with E-state index in [0.29, 0.717) is 25.1 Å². The fourth-order valence-corrected chi connectivity index (χ4v) is 6.13. The van der Waals surface area contributed by atoms with Crippen molar-refractivity contribution in [3.63, 3.8) is 0 Å². The van der Waals surface area contributed by atoms with Gasteiger partial charge < -0.3 is 19.7 Å². The van der Waals surface area contributed by atoms with Gasteiger partial charge in [0.1, 0.15) is 0 Å². The number of aromatic nitrogens is 3. The van der Waals surface area contributed by atoms with Crippen molar-refractivity contribution < 1.29 is 36.6 Å². The summed E-state index contributed by atoms with van der Waals surface area (Å²) in [6.45, 7) is 1.88. The number of nitrogens with zero attached hydrogens (tertiary/aromatic N) is 3. The minimum Gasteiger partial charge on any atom is -0.481 e. The van der Waals surface area contributed by atoms with Crippen LogP contribution in [0.1, 0.15) is 68.8 Å². The fourth-order valence-electron chi connectivity index (χ4n) is 6.13. The van der Waals surface area contributed by atoms with E-state index in [-0.39, 0.29) is 73.2 Å². The number of amides is 2. The molecule has 3 heterocycles. The zero-order valence-corrected chi connectivity index (χ0v) is 22.4. The highest BCUT2D eigenvalue weighted by Crippen LogP contribution is 2.51. The van der Waals surface area contributed by atoms with Gasteiger partial charge in [0.15, 0.2) is 17.1 Å². The second-order valence-corrected chi connectivity index (χ2v) is 11.0. The summed E-state index contributed by atoms with van der Waals surface area (Å²) in [5, 5.41) is 9.79. The van der Waals surface area contributed by atoms with Gasteiger partial charge in [0, 0.05) is 42.3 Å². The topological polar surface area (TPSA) is 109 Å². The molecule has 2 N–H and O–H groups in total. The average Bonchev–Trinajstić information content (AvgIpc) is 3.50. The third-order valence-corrected chi connectivity index (χ3v) is 8.55. The summed E-state index contributed by atoms with van der Waals surface area (Å²) in [6, 6.07) is 2.56. The molecule has 2 saturated carbocycles. The molecule has 1 spiro atoms. The number of pyridine rings is 1. The summed E-state index contributed by atoms with van der Waals surface area (Å²) in [6.07, 6.45) is -0.986. The smallest absolute Gasteiger partial charge is 0.417 e. The molecule has 3 fully saturated rings. The normalized spacial score (nSPS) is 26.0. The zero-order chi connectivity index (χ0) is 28.7. The van der Waals surface area contributed by atoms with Crippen LogP contribution in [0.15, 0.2) is 18.3 Å². The molecule has 218 valence electrons. The Morgan fingerprint density at radius 3 is 2.52 bits per heavy atom. The van der Waals surface area contributed by atoms with E-state index in [1.165, 1.54) is 19.2 Å². The molecule has 2 amide bonds. The Hall–Kier alpha value is -3.22. The van der Waals surface area contributed by atoms with Gasteiger partial charge in [-0.25, -0.2) is 9.37 Å². The maximum Gasteiger partial charge on any atom is 0.417 e. The van der Waals surface area contributed by atoms with Gasteiger partial charge in [0.25, 0.3) is 5.91 Å². The van der Waals surface area contributed by atoms with Crippen molar-refractivity contribution in [3.8, 4) is 17.1 Å². The molecule has 13 heteroatoms. The lowest BCUT2D eigenvalue weighted by Crippen LogP contribution is -2.55. The van der Waals surface area contributed by atoms with Gasteiger partial charge in [0.2, 0.25) is 11.8 Å². The molecule has 1 saturated heterocycles. The summed E-state index contributed by atoms with van der Waals surface area (Å²) < 4.78 is 65.5. The second kappa shape index (κ2) is 10.6. The standard InChI is InChI=1S/C27H33F4N5O4/c1-3-40-26(27(29,30)31)7-4-17(5-8-26)33-23(37)16-6-11-36(25(14-16)9-10-25)24(38)21-13-20(34-35-21)18-12-22(39-2)32-15-19(18)28/h12-13,15-17H,3-11,14H2,1-2H3,(H,33,37)(H,34,35). The van der Waals surface area contributed by atoms with Crippen molar-refractivity contribution in [3.05, 3.63) is 29.8 Å². The molecule has 2 aliphatic carbocycles. The van der Waals surface area contributed by atoms with Gasteiger partial charge in [-0.2, -0.15) is 18.3 Å². The first-order valence-electron chi connectivity index (χ1n) is 13.6. The number of carbonyl (C=O) groups is 2. The number of hydrogen-bond donors (Lipinski definition) is 2. The lowest BCUT2D eigenvalue weighted by atomic mass is 9.80. The molecule has 2 aromatic heterocycles. The van der Waals surface area contributed by atoms with Crippen LogP contribution in [-0.2, 0) is 9.53 Å².